The molecule has 0 aromatic carbocycles. The number of nitrogens with zero attached hydrogens (tertiary/aromatic N) is 4. The number of aromatic nitrogens is 4. The summed E-state index contributed by atoms with van der Waals surface area (Å²) in [5.74, 6) is 0.944. The maximum absolute atomic E-state index is 5.77. The molecule has 1 N–H and O–H groups in total. The Morgan fingerprint density at radius 2 is 2.38 bits per heavy atom. The van der Waals surface area contributed by atoms with E-state index in [0.29, 0.717) is 30.8 Å². The van der Waals surface area contributed by atoms with E-state index in [4.69, 9.17) is 20.5 Å². The van der Waals surface area contributed by atoms with Gasteiger partial charge < -0.3 is 14.3 Å². The van der Waals surface area contributed by atoms with Crippen LogP contribution in [0.3, 0.4) is 0 Å². The second kappa shape index (κ2) is 4.93. The van der Waals surface area contributed by atoms with Crippen LogP contribution >= 0.6 is 11.6 Å². The van der Waals surface area contributed by atoms with Crippen molar-refractivity contribution in [2.24, 2.45) is 0 Å². The van der Waals surface area contributed by atoms with Crippen molar-refractivity contribution in [2.75, 3.05) is 11.9 Å². The van der Waals surface area contributed by atoms with Gasteiger partial charge in [-0.2, -0.15) is 4.98 Å². The van der Waals surface area contributed by atoms with Gasteiger partial charge in [-0.15, -0.1) is 16.7 Å². The second-order valence-electron chi connectivity index (χ2n) is 3.07. The van der Waals surface area contributed by atoms with Gasteiger partial charge in [0.2, 0.25) is 11.8 Å². The highest BCUT2D eigenvalue weighted by Gasteiger charge is 2.10. The molecule has 0 aliphatic carbocycles. The van der Waals surface area contributed by atoms with Crippen LogP contribution in [0.1, 0.15) is 24.1 Å². The minimum absolute atomic E-state index is 0.293. The van der Waals surface area contributed by atoms with Crippen LogP contribution in [0.4, 0.5) is 6.01 Å². The molecule has 0 amide bonds. The van der Waals surface area contributed by atoms with Crippen LogP contribution in [0.25, 0.3) is 0 Å². The van der Waals surface area contributed by atoms with Crippen molar-refractivity contribution in [1.29, 1.82) is 0 Å². The molecule has 0 saturated carbocycles. The van der Waals surface area contributed by atoms with Gasteiger partial charge >= 0.3 is 6.01 Å². The van der Waals surface area contributed by atoms with E-state index in [1.165, 1.54) is 6.33 Å². The van der Waals surface area contributed by atoms with Crippen LogP contribution in [0.5, 0.6) is 0 Å². The second-order valence-corrected chi connectivity index (χ2v) is 3.73. The van der Waals surface area contributed by atoms with E-state index in [0.717, 1.165) is 0 Å². The molecule has 0 fully saturated rings. The van der Waals surface area contributed by atoms with Crippen LogP contribution in [0, 0.1) is 0 Å². The first-order valence-corrected chi connectivity index (χ1v) is 5.16. The van der Waals surface area contributed by atoms with Gasteiger partial charge in [-0.25, -0.2) is 0 Å². The molecule has 1 atom stereocenters. The lowest BCUT2D eigenvalue weighted by Crippen LogP contribution is -2.05. The molecule has 0 radical (unpaired) electrons. The SMILES string of the molecule is CC(Cl)c1nnc(NCCc2ncno2)o1. The molecular weight excluding hydrogens is 234 g/mol. The van der Waals surface area contributed by atoms with Gasteiger partial charge in [0.15, 0.2) is 6.33 Å². The Labute approximate surface area is 96.2 Å². The van der Waals surface area contributed by atoms with Crippen molar-refractivity contribution in [2.45, 2.75) is 18.7 Å². The number of alkyl halides is 1. The topological polar surface area (TPSA) is 89.9 Å². The summed E-state index contributed by atoms with van der Waals surface area (Å²) in [6, 6.07) is 0.335. The summed E-state index contributed by atoms with van der Waals surface area (Å²) in [7, 11) is 0. The maximum atomic E-state index is 5.77. The summed E-state index contributed by atoms with van der Waals surface area (Å²) in [5.41, 5.74) is 0. The van der Waals surface area contributed by atoms with Gasteiger partial charge in [-0.1, -0.05) is 10.3 Å². The van der Waals surface area contributed by atoms with Crippen molar-refractivity contribution in [3.63, 3.8) is 0 Å². The van der Waals surface area contributed by atoms with E-state index < -0.39 is 0 Å². The van der Waals surface area contributed by atoms with Gasteiger partial charge in [-0.05, 0) is 6.92 Å². The van der Waals surface area contributed by atoms with Crippen molar-refractivity contribution in [1.82, 2.24) is 20.3 Å². The minimum Gasteiger partial charge on any atom is -0.407 e. The van der Waals surface area contributed by atoms with Gasteiger partial charge in [0.25, 0.3) is 0 Å². The van der Waals surface area contributed by atoms with E-state index in [1.807, 2.05) is 0 Å². The van der Waals surface area contributed by atoms with Gasteiger partial charge in [0.05, 0.1) is 0 Å². The Morgan fingerprint density at radius 3 is 3.00 bits per heavy atom. The fraction of sp³-hybridized carbons (Fsp3) is 0.500. The summed E-state index contributed by atoms with van der Waals surface area (Å²) in [6.07, 6.45) is 1.95. The van der Waals surface area contributed by atoms with Gasteiger partial charge in [-0.3, -0.25) is 0 Å². The molecule has 0 aliphatic heterocycles. The first-order chi connectivity index (χ1) is 7.75. The average Bonchev–Trinajstić information content (AvgIpc) is 2.87. The van der Waals surface area contributed by atoms with Crippen LogP contribution in [0.2, 0.25) is 0 Å². The van der Waals surface area contributed by atoms with E-state index in [-0.39, 0.29) is 5.38 Å². The molecule has 2 heterocycles. The smallest absolute Gasteiger partial charge is 0.315 e. The molecule has 2 aromatic rings. The predicted octanol–water partition coefficient (Wildman–Crippen LogP) is 1.41. The molecule has 0 saturated heterocycles. The first-order valence-electron chi connectivity index (χ1n) is 4.72. The zero-order valence-electron chi connectivity index (χ0n) is 8.55. The average molecular weight is 244 g/mol. The zero-order valence-corrected chi connectivity index (χ0v) is 9.31. The lowest BCUT2D eigenvalue weighted by Gasteiger charge is -1.97. The van der Waals surface area contributed by atoms with Gasteiger partial charge in [0, 0.05) is 13.0 Å². The molecule has 8 heteroatoms. The van der Waals surface area contributed by atoms with E-state index in [1.54, 1.807) is 6.92 Å². The zero-order chi connectivity index (χ0) is 11.4. The quantitative estimate of drug-likeness (QED) is 0.794. The number of nitrogens with one attached hydrogen (secondary N) is 1. The number of anilines is 1. The third kappa shape index (κ3) is 2.69. The Kier molecular flexibility index (Phi) is 3.35. The molecule has 2 rings (SSSR count). The molecule has 1 unspecified atom stereocenters. The Hall–Kier alpha value is -1.63. The highest BCUT2D eigenvalue weighted by Crippen LogP contribution is 2.18. The summed E-state index contributed by atoms with van der Waals surface area (Å²) < 4.78 is 10.1. The molecule has 7 nitrogen and oxygen atoms in total. The monoisotopic (exact) mass is 243 g/mol. The van der Waals surface area contributed by atoms with Crippen LogP contribution < -0.4 is 5.32 Å². The Balaban J connectivity index is 1.81. The normalized spacial score (nSPS) is 12.6. The minimum atomic E-state index is -0.293. The van der Waals surface area contributed by atoms with Crippen molar-refractivity contribution in [3.05, 3.63) is 18.1 Å². The first kappa shape index (κ1) is 10.9. The van der Waals surface area contributed by atoms with Crippen molar-refractivity contribution >= 4 is 17.6 Å². The fourth-order valence-corrected chi connectivity index (χ4v) is 1.14. The third-order valence-corrected chi connectivity index (χ3v) is 1.99. The predicted molar refractivity (Wildman–Crippen MR) is 55.1 cm³/mol. The van der Waals surface area contributed by atoms with Crippen molar-refractivity contribution in [3.8, 4) is 0 Å². The molecule has 86 valence electrons. The van der Waals surface area contributed by atoms with Gasteiger partial charge in [0.1, 0.15) is 5.38 Å². The van der Waals surface area contributed by atoms with Crippen LogP contribution in [-0.2, 0) is 6.42 Å². The summed E-state index contributed by atoms with van der Waals surface area (Å²) in [6.45, 7) is 2.33. The summed E-state index contributed by atoms with van der Waals surface area (Å²) in [5, 5.41) is 13.7. The Bertz CT molecular complexity index is 427. The lowest BCUT2D eigenvalue weighted by molar-refractivity contribution is 0.379. The third-order valence-electron chi connectivity index (χ3n) is 1.80. The highest BCUT2D eigenvalue weighted by atomic mass is 35.5. The lowest BCUT2D eigenvalue weighted by atomic mass is 10.4. The van der Waals surface area contributed by atoms with Crippen LogP contribution in [0.15, 0.2) is 15.3 Å². The van der Waals surface area contributed by atoms with E-state index in [9.17, 15) is 0 Å². The van der Waals surface area contributed by atoms with Crippen molar-refractivity contribution < 1.29 is 8.94 Å². The summed E-state index contributed by atoms with van der Waals surface area (Å²) >= 11 is 5.77. The molecule has 0 aliphatic rings. The van der Waals surface area contributed by atoms with E-state index in [2.05, 4.69) is 25.7 Å². The Morgan fingerprint density at radius 1 is 1.50 bits per heavy atom. The molecule has 2 aromatic heterocycles. The number of halogens is 1. The number of hydrogen-bond donors (Lipinski definition) is 1. The largest absolute Gasteiger partial charge is 0.407 e. The molecule has 0 bridgehead atoms. The maximum Gasteiger partial charge on any atom is 0.315 e. The highest BCUT2D eigenvalue weighted by molar-refractivity contribution is 6.20. The molecular formula is C8H10ClN5O2. The molecule has 0 spiro atoms. The molecule has 16 heavy (non-hydrogen) atoms. The standard InChI is InChI=1S/C8H10ClN5O2/c1-5(9)7-13-14-8(15-7)10-3-2-6-11-4-12-16-6/h4-5H,2-3H2,1H3,(H,10,14). The van der Waals surface area contributed by atoms with Crippen LogP contribution in [-0.4, -0.2) is 26.9 Å². The number of hydrogen-bond acceptors (Lipinski definition) is 7. The number of rotatable bonds is 5. The fourth-order valence-electron chi connectivity index (χ4n) is 1.05. The summed E-state index contributed by atoms with van der Waals surface area (Å²) in [4.78, 5) is 3.88. The van der Waals surface area contributed by atoms with E-state index >= 15 is 0 Å².